The first-order valence-corrected chi connectivity index (χ1v) is 12.6. The number of rotatable bonds is 8. The van der Waals surface area contributed by atoms with Gasteiger partial charge in [0.1, 0.15) is 0 Å². The van der Waals surface area contributed by atoms with Gasteiger partial charge in [-0.1, -0.05) is 36.6 Å². The fraction of sp³-hybridized carbons (Fsp3) is 0.391. The Labute approximate surface area is 194 Å². The molecule has 0 spiro atoms. The van der Waals surface area contributed by atoms with Gasteiger partial charge >= 0.3 is 0 Å². The number of carbonyl (C=O) groups excluding carboxylic acids is 2. The summed E-state index contributed by atoms with van der Waals surface area (Å²) in [6.07, 6.45) is 4.50. The van der Waals surface area contributed by atoms with Gasteiger partial charge in [-0.3, -0.25) is 9.59 Å². The molecule has 32 heavy (non-hydrogen) atoms. The van der Waals surface area contributed by atoms with Gasteiger partial charge in [0, 0.05) is 30.2 Å². The highest BCUT2D eigenvalue weighted by atomic mass is 35.5. The van der Waals surface area contributed by atoms with Crippen molar-refractivity contribution in [2.75, 3.05) is 26.2 Å². The fourth-order valence-electron chi connectivity index (χ4n) is 3.53. The highest BCUT2D eigenvalue weighted by Gasteiger charge is 2.24. The molecule has 1 aliphatic heterocycles. The highest BCUT2D eigenvalue weighted by molar-refractivity contribution is 7.89. The van der Waals surface area contributed by atoms with Crippen molar-refractivity contribution in [2.45, 2.75) is 37.0 Å². The minimum Gasteiger partial charge on any atom is -0.354 e. The van der Waals surface area contributed by atoms with Gasteiger partial charge in [-0.05, 0) is 61.2 Å². The third kappa shape index (κ3) is 6.79. The number of benzene rings is 2. The second-order valence-electron chi connectivity index (χ2n) is 7.75. The van der Waals surface area contributed by atoms with Gasteiger partial charge in [-0.25, -0.2) is 8.42 Å². The lowest BCUT2D eigenvalue weighted by Gasteiger charge is -2.20. The predicted molar refractivity (Wildman–Crippen MR) is 124 cm³/mol. The smallest absolute Gasteiger partial charge is 0.251 e. The Morgan fingerprint density at radius 2 is 1.50 bits per heavy atom. The molecule has 0 aliphatic carbocycles. The van der Waals surface area contributed by atoms with Gasteiger partial charge in [0.25, 0.3) is 5.91 Å². The van der Waals surface area contributed by atoms with Gasteiger partial charge in [-0.15, -0.1) is 0 Å². The van der Waals surface area contributed by atoms with Crippen molar-refractivity contribution in [1.82, 2.24) is 14.9 Å². The van der Waals surface area contributed by atoms with Crippen LogP contribution in [0.15, 0.2) is 53.4 Å². The normalized spacial score (nSPS) is 15.0. The maximum Gasteiger partial charge on any atom is 0.251 e. The molecule has 2 amide bonds. The first-order chi connectivity index (χ1) is 15.4. The van der Waals surface area contributed by atoms with Crippen LogP contribution in [0.5, 0.6) is 0 Å². The van der Waals surface area contributed by atoms with E-state index in [0.29, 0.717) is 41.5 Å². The number of amides is 2. The van der Waals surface area contributed by atoms with Crippen LogP contribution in [0.3, 0.4) is 0 Å². The van der Waals surface area contributed by atoms with Gasteiger partial charge in [0.2, 0.25) is 15.9 Å². The topological polar surface area (TPSA) is 95.6 Å². The van der Waals surface area contributed by atoms with E-state index in [4.69, 9.17) is 11.6 Å². The van der Waals surface area contributed by atoms with Crippen molar-refractivity contribution in [3.05, 3.63) is 64.7 Å². The Balaban J connectivity index is 1.43. The minimum absolute atomic E-state index is 0.130. The van der Waals surface area contributed by atoms with Crippen molar-refractivity contribution >= 4 is 33.4 Å². The van der Waals surface area contributed by atoms with Crippen molar-refractivity contribution in [1.29, 1.82) is 0 Å². The molecule has 9 heteroatoms. The van der Waals surface area contributed by atoms with Gasteiger partial charge < -0.3 is 10.6 Å². The maximum atomic E-state index is 12.8. The van der Waals surface area contributed by atoms with E-state index in [1.165, 1.54) is 0 Å². The van der Waals surface area contributed by atoms with Crippen LogP contribution >= 0.6 is 11.6 Å². The quantitative estimate of drug-likeness (QED) is 0.611. The fourth-order valence-corrected chi connectivity index (χ4v) is 5.17. The molecular weight excluding hydrogens is 450 g/mol. The van der Waals surface area contributed by atoms with Crippen LogP contribution in [-0.4, -0.2) is 50.7 Å². The van der Waals surface area contributed by atoms with E-state index in [1.54, 1.807) is 52.8 Å². The van der Waals surface area contributed by atoms with Crippen molar-refractivity contribution in [2.24, 2.45) is 0 Å². The second kappa shape index (κ2) is 11.4. The molecule has 1 aliphatic rings. The predicted octanol–water partition coefficient (Wildman–Crippen LogP) is 2.99. The Kier molecular flexibility index (Phi) is 8.67. The van der Waals surface area contributed by atoms with Gasteiger partial charge in [0.05, 0.1) is 11.4 Å². The van der Waals surface area contributed by atoms with E-state index in [1.807, 2.05) is 0 Å². The van der Waals surface area contributed by atoms with Crippen LogP contribution in [0.1, 0.15) is 41.6 Å². The summed E-state index contributed by atoms with van der Waals surface area (Å²) in [6, 6.07) is 13.2. The molecule has 0 atom stereocenters. The molecule has 7 nitrogen and oxygen atoms in total. The van der Waals surface area contributed by atoms with E-state index in [9.17, 15) is 18.0 Å². The van der Waals surface area contributed by atoms with E-state index >= 15 is 0 Å². The highest BCUT2D eigenvalue weighted by Crippen LogP contribution is 2.20. The SMILES string of the molecule is O=C(CNC(=O)c1ccc(Cl)cc1)NCCc1ccc(S(=O)(=O)N2CCCCCC2)cc1. The minimum atomic E-state index is -3.46. The van der Waals surface area contributed by atoms with Crippen LogP contribution in [-0.2, 0) is 21.2 Å². The molecule has 172 valence electrons. The van der Waals surface area contributed by atoms with Crippen LogP contribution in [0, 0.1) is 0 Å². The lowest BCUT2D eigenvalue weighted by Crippen LogP contribution is -2.37. The van der Waals surface area contributed by atoms with E-state index in [0.717, 1.165) is 31.2 Å². The molecule has 0 radical (unpaired) electrons. The van der Waals surface area contributed by atoms with E-state index in [2.05, 4.69) is 10.6 Å². The average Bonchev–Trinajstić information content (AvgIpc) is 3.09. The molecule has 1 heterocycles. The van der Waals surface area contributed by atoms with Crippen molar-refractivity contribution in [3.8, 4) is 0 Å². The molecule has 2 aromatic carbocycles. The van der Waals surface area contributed by atoms with Gasteiger partial charge in [0.15, 0.2) is 0 Å². The molecule has 1 saturated heterocycles. The molecule has 3 rings (SSSR count). The summed E-state index contributed by atoms with van der Waals surface area (Å²) in [5, 5.41) is 5.84. The van der Waals surface area contributed by atoms with E-state index in [-0.39, 0.29) is 18.4 Å². The third-order valence-electron chi connectivity index (χ3n) is 5.38. The zero-order valence-electron chi connectivity index (χ0n) is 17.8. The monoisotopic (exact) mass is 477 g/mol. The number of hydrogen-bond donors (Lipinski definition) is 2. The zero-order chi connectivity index (χ0) is 23.0. The zero-order valence-corrected chi connectivity index (χ0v) is 19.4. The third-order valence-corrected chi connectivity index (χ3v) is 7.54. The summed E-state index contributed by atoms with van der Waals surface area (Å²) < 4.78 is 27.2. The number of nitrogens with zero attached hydrogens (tertiary/aromatic N) is 1. The van der Waals surface area contributed by atoms with Crippen LogP contribution in [0.2, 0.25) is 5.02 Å². The first-order valence-electron chi connectivity index (χ1n) is 10.8. The molecule has 0 saturated carbocycles. The Hall–Kier alpha value is -2.42. The number of hydrogen-bond acceptors (Lipinski definition) is 4. The average molecular weight is 478 g/mol. The summed E-state index contributed by atoms with van der Waals surface area (Å²) in [5.41, 5.74) is 1.35. The van der Waals surface area contributed by atoms with Crippen LogP contribution in [0.4, 0.5) is 0 Å². The van der Waals surface area contributed by atoms with Crippen LogP contribution in [0.25, 0.3) is 0 Å². The largest absolute Gasteiger partial charge is 0.354 e. The summed E-state index contributed by atoms with van der Waals surface area (Å²) >= 11 is 5.80. The lowest BCUT2D eigenvalue weighted by molar-refractivity contribution is -0.120. The van der Waals surface area contributed by atoms with Gasteiger partial charge in [-0.2, -0.15) is 4.31 Å². The Bertz CT molecular complexity index is 1020. The summed E-state index contributed by atoms with van der Waals surface area (Å²) in [7, 11) is -3.46. The van der Waals surface area contributed by atoms with Crippen molar-refractivity contribution < 1.29 is 18.0 Å². The summed E-state index contributed by atoms with van der Waals surface area (Å²) in [4.78, 5) is 24.3. The lowest BCUT2D eigenvalue weighted by atomic mass is 10.1. The first kappa shape index (κ1) is 24.2. The van der Waals surface area contributed by atoms with E-state index < -0.39 is 10.0 Å². The summed E-state index contributed by atoms with van der Waals surface area (Å²) in [5.74, 6) is -0.648. The molecule has 0 unspecified atom stereocenters. The second-order valence-corrected chi connectivity index (χ2v) is 10.1. The number of carbonyl (C=O) groups is 2. The molecule has 0 aromatic heterocycles. The molecule has 1 fully saturated rings. The maximum absolute atomic E-state index is 12.8. The molecule has 0 bridgehead atoms. The number of nitrogens with one attached hydrogen (secondary N) is 2. The molecular formula is C23H28ClN3O4S. The standard InChI is InChI=1S/C23H28ClN3O4S/c24-20-9-7-19(8-10-20)23(29)26-17-22(28)25-14-13-18-5-11-21(12-6-18)32(30,31)27-15-3-1-2-4-16-27/h5-12H,1-4,13-17H2,(H,25,28)(H,26,29). The van der Waals surface area contributed by atoms with Crippen molar-refractivity contribution in [3.63, 3.8) is 0 Å². The molecule has 2 aromatic rings. The molecule has 2 N–H and O–H groups in total. The Morgan fingerprint density at radius 1 is 0.875 bits per heavy atom. The Morgan fingerprint density at radius 3 is 2.12 bits per heavy atom. The van der Waals surface area contributed by atoms with Crippen LogP contribution < -0.4 is 10.6 Å². The number of halogens is 1. The number of sulfonamides is 1. The summed E-state index contributed by atoms with van der Waals surface area (Å²) in [6.45, 7) is 1.40.